The first-order valence-electron chi connectivity index (χ1n) is 6.67. The van der Waals surface area contributed by atoms with Crippen LogP contribution in [0.4, 0.5) is 0 Å². The maximum atomic E-state index is 11.7. The molecule has 0 saturated carbocycles. The van der Waals surface area contributed by atoms with Crippen LogP contribution in [0.1, 0.15) is 44.7 Å². The molecule has 0 spiro atoms. The molecular weight excluding hydrogens is 242 g/mol. The molecule has 4 nitrogen and oxygen atoms in total. The maximum Gasteiger partial charge on any atom is 0.308 e. The summed E-state index contributed by atoms with van der Waals surface area (Å²) in [5.41, 5.74) is 0.917. The zero-order chi connectivity index (χ0) is 14.1. The van der Waals surface area contributed by atoms with Crippen LogP contribution in [0.5, 0.6) is 0 Å². The number of benzene rings is 1. The molecule has 104 valence electrons. The number of hydrogen-bond donors (Lipinski definition) is 1. The lowest BCUT2D eigenvalue weighted by atomic mass is 10.0. The van der Waals surface area contributed by atoms with Gasteiger partial charge in [0, 0.05) is 6.42 Å². The van der Waals surface area contributed by atoms with Crippen LogP contribution >= 0.6 is 0 Å². The van der Waals surface area contributed by atoms with Gasteiger partial charge in [-0.05, 0) is 18.9 Å². The van der Waals surface area contributed by atoms with E-state index in [-0.39, 0.29) is 24.3 Å². The Balaban J connectivity index is 2.73. The van der Waals surface area contributed by atoms with Crippen molar-refractivity contribution in [3.05, 3.63) is 35.9 Å². The molecule has 4 heteroatoms. The number of nitrogens with one attached hydrogen (secondary N) is 1. The predicted octanol–water partition coefficient (Wildman–Crippen LogP) is 2.60. The summed E-state index contributed by atoms with van der Waals surface area (Å²) in [5, 5.41) is 2.88. The molecule has 0 radical (unpaired) electrons. The second-order valence-corrected chi connectivity index (χ2v) is 4.29. The fourth-order valence-corrected chi connectivity index (χ4v) is 1.82. The van der Waals surface area contributed by atoms with Gasteiger partial charge >= 0.3 is 5.97 Å². The number of esters is 1. The van der Waals surface area contributed by atoms with E-state index >= 15 is 0 Å². The first kappa shape index (κ1) is 15.2. The van der Waals surface area contributed by atoms with Gasteiger partial charge < -0.3 is 10.1 Å². The Morgan fingerprint density at radius 1 is 1.21 bits per heavy atom. The van der Waals surface area contributed by atoms with E-state index in [1.54, 1.807) is 6.92 Å². The highest BCUT2D eigenvalue weighted by Crippen LogP contribution is 2.17. The molecule has 0 aliphatic carbocycles. The Morgan fingerprint density at radius 2 is 1.89 bits per heavy atom. The summed E-state index contributed by atoms with van der Waals surface area (Å²) in [6, 6.07) is 9.16. The van der Waals surface area contributed by atoms with Gasteiger partial charge in [-0.1, -0.05) is 37.3 Å². The van der Waals surface area contributed by atoms with Crippen LogP contribution in [0, 0.1) is 0 Å². The topological polar surface area (TPSA) is 55.4 Å². The van der Waals surface area contributed by atoms with E-state index in [1.807, 2.05) is 37.3 Å². The molecule has 1 aromatic rings. The molecule has 0 bridgehead atoms. The van der Waals surface area contributed by atoms with Gasteiger partial charge in [-0.3, -0.25) is 9.59 Å². The Morgan fingerprint density at radius 3 is 2.47 bits per heavy atom. The second kappa shape index (κ2) is 8.29. The molecule has 1 atom stereocenters. The standard InChI is InChI=1S/C15H21NO3/c1-3-8-14(17)16-13(11-15(18)19-4-2)12-9-6-5-7-10-12/h5-7,9-10,13H,3-4,8,11H2,1-2H3,(H,16,17)/t13-/m1/s1. The van der Waals surface area contributed by atoms with E-state index in [9.17, 15) is 9.59 Å². The van der Waals surface area contributed by atoms with Gasteiger partial charge in [0.2, 0.25) is 5.91 Å². The monoisotopic (exact) mass is 263 g/mol. The molecule has 0 aromatic heterocycles. The second-order valence-electron chi connectivity index (χ2n) is 4.29. The van der Waals surface area contributed by atoms with Crippen molar-refractivity contribution in [1.82, 2.24) is 5.32 Å². The van der Waals surface area contributed by atoms with Gasteiger partial charge in [0.05, 0.1) is 19.1 Å². The quantitative estimate of drug-likeness (QED) is 0.769. The largest absolute Gasteiger partial charge is 0.466 e. The summed E-state index contributed by atoms with van der Waals surface area (Å²) in [5.74, 6) is -0.339. The summed E-state index contributed by atoms with van der Waals surface area (Å²) in [6.45, 7) is 4.07. The van der Waals surface area contributed by atoms with Gasteiger partial charge in [0.25, 0.3) is 0 Å². The van der Waals surface area contributed by atoms with Crippen molar-refractivity contribution in [2.75, 3.05) is 6.61 Å². The smallest absolute Gasteiger partial charge is 0.308 e. The third-order valence-electron chi connectivity index (χ3n) is 2.69. The molecule has 0 aliphatic rings. The van der Waals surface area contributed by atoms with Crippen LogP contribution in [0.25, 0.3) is 0 Å². The molecule has 1 N–H and O–H groups in total. The highest BCUT2D eigenvalue weighted by Gasteiger charge is 2.18. The van der Waals surface area contributed by atoms with Crippen molar-refractivity contribution in [2.45, 2.75) is 39.2 Å². The first-order chi connectivity index (χ1) is 9.17. The number of amides is 1. The van der Waals surface area contributed by atoms with Gasteiger partial charge in [-0.15, -0.1) is 0 Å². The van der Waals surface area contributed by atoms with Crippen LogP contribution in [-0.4, -0.2) is 18.5 Å². The number of carbonyl (C=O) groups excluding carboxylic acids is 2. The molecule has 1 amide bonds. The minimum Gasteiger partial charge on any atom is -0.466 e. The van der Waals surface area contributed by atoms with Crippen molar-refractivity contribution in [3.63, 3.8) is 0 Å². The zero-order valence-corrected chi connectivity index (χ0v) is 11.5. The summed E-state index contributed by atoms with van der Waals surface area (Å²) < 4.78 is 4.95. The Bertz CT molecular complexity index is 383. The van der Waals surface area contributed by atoms with Gasteiger partial charge in [0.15, 0.2) is 0 Å². The molecule has 0 aliphatic heterocycles. The number of hydrogen-bond acceptors (Lipinski definition) is 3. The third kappa shape index (κ3) is 5.55. The van der Waals surface area contributed by atoms with E-state index in [0.29, 0.717) is 13.0 Å². The number of ether oxygens (including phenoxy) is 1. The summed E-state index contributed by atoms with van der Waals surface area (Å²) >= 11 is 0. The molecule has 19 heavy (non-hydrogen) atoms. The van der Waals surface area contributed by atoms with Crippen molar-refractivity contribution >= 4 is 11.9 Å². The van der Waals surface area contributed by atoms with Crippen LogP contribution < -0.4 is 5.32 Å². The minimum absolute atomic E-state index is 0.0411. The maximum absolute atomic E-state index is 11.7. The van der Waals surface area contributed by atoms with E-state index in [0.717, 1.165) is 12.0 Å². The predicted molar refractivity (Wildman–Crippen MR) is 73.5 cm³/mol. The molecular formula is C15H21NO3. The normalized spacial score (nSPS) is 11.7. The molecule has 0 saturated heterocycles. The van der Waals surface area contributed by atoms with Crippen molar-refractivity contribution in [3.8, 4) is 0 Å². The van der Waals surface area contributed by atoms with Gasteiger partial charge in [-0.2, -0.15) is 0 Å². The van der Waals surface area contributed by atoms with Crippen LogP contribution in [0.2, 0.25) is 0 Å². The molecule has 0 heterocycles. The van der Waals surface area contributed by atoms with Crippen molar-refractivity contribution in [2.24, 2.45) is 0 Å². The molecule has 0 unspecified atom stereocenters. The SMILES string of the molecule is CCCC(=O)N[C@H](CC(=O)OCC)c1ccccc1. The molecule has 1 rings (SSSR count). The van der Waals surface area contributed by atoms with Crippen LogP contribution in [0.15, 0.2) is 30.3 Å². The highest BCUT2D eigenvalue weighted by molar-refractivity contribution is 5.78. The lowest BCUT2D eigenvalue weighted by Gasteiger charge is -2.18. The van der Waals surface area contributed by atoms with Crippen LogP contribution in [0.3, 0.4) is 0 Å². The summed E-state index contributed by atoms with van der Waals surface area (Å²) in [6.07, 6.45) is 1.41. The molecule has 1 aromatic carbocycles. The minimum atomic E-state index is -0.320. The number of carbonyl (C=O) groups is 2. The third-order valence-corrected chi connectivity index (χ3v) is 2.69. The fraction of sp³-hybridized carbons (Fsp3) is 0.467. The highest BCUT2D eigenvalue weighted by atomic mass is 16.5. The van der Waals surface area contributed by atoms with Crippen LogP contribution in [-0.2, 0) is 14.3 Å². The van der Waals surface area contributed by atoms with Gasteiger partial charge in [-0.25, -0.2) is 0 Å². The zero-order valence-electron chi connectivity index (χ0n) is 11.5. The average molecular weight is 263 g/mol. The average Bonchev–Trinajstić information content (AvgIpc) is 2.39. The Hall–Kier alpha value is -1.84. The Kier molecular flexibility index (Phi) is 6.64. The van der Waals surface area contributed by atoms with Gasteiger partial charge in [0.1, 0.15) is 0 Å². The van der Waals surface area contributed by atoms with E-state index in [2.05, 4.69) is 5.32 Å². The summed E-state index contributed by atoms with van der Waals surface area (Å²) in [4.78, 5) is 23.3. The number of rotatable bonds is 7. The van der Waals surface area contributed by atoms with Crippen molar-refractivity contribution < 1.29 is 14.3 Å². The molecule has 0 fully saturated rings. The summed E-state index contributed by atoms with van der Waals surface area (Å²) in [7, 11) is 0. The first-order valence-corrected chi connectivity index (χ1v) is 6.67. The van der Waals surface area contributed by atoms with Crippen molar-refractivity contribution in [1.29, 1.82) is 0 Å². The van der Waals surface area contributed by atoms with E-state index in [1.165, 1.54) is 0 Å². The lowest BCUT2D eigenvalue weighted by molar-refractivity contribution is -0.143. The lowest BCUT2D eigenvalue weighted by Crippen LogP contribution is -2.30. The Labute approximate surface area is 114 Å². The van der Waals surface area contributed by atoms with E-state index in [4.69, 9.17) is 4.74 Å². The van der Waals surface area contributed by atoms with E-state index < -0.39 is 0 Å². The fourth-order valence-electron chi connectivity index (χ4n) is 1.82.